The van der Waals surface area contributed by atoms with Crippen molar-refractivity contribution in [3.8, 4) is 5.75 Å². The number of likely N-dealkylation sites (tertiary alicyclic amines) is 1. The van der Waals surface area contributed by atoms with Crippen LogP contribution in [0.3, 0.4) is 0 Å². The Hall–Kier alpha value is -1.09. The van der Waals surface area contributed by atoms with E-state index >= 15 is 0 Å². The molecule has 1 saturated heterocycles. The SMILES string of the molecule is CCC(=S)N1CCC(c2ccc(O)cc2)CC1. The molecule has 0 atom stereocenters. The minimum Gasteiger partial charge on any atom is -0.508 e. The summed E-state index contributed by atoms with van der Waals surface area (Å²) in [5.74, 6) is 0.963. The average molecular weight is 249 g/mol. The standard InChI is InChI=1S/C14H19NOS/c1-2-14(17)15-9-7-12(8-10-15)11-3-5-13(16)6-4-11/h3-6,12,16H,2,7-10H2,1H3. The Kier molecular flexibility index (Phi) is 4.00. The second-order valence-electron chi connectivity index (χ2n) is 4.60. The second-order valence-corrected chi connectivity index (χ2v) is 5.07. The third-order valence-electron chi connectivity index (χ3n) is 3.51. The number of hydrogen-bond acceptors (Lipinski definition) is 2. The lowest BCUT2D eigenvalue weighted by Gasteiger charge is -2.33. The Morgan fingerprint density at radius 2 is 1.88 bits per heavy atom. The van der Waals surface area contributed by atoms with E-state index in [0.717, 1.165) is 37.3 Å². The molecule has 1 heterocycles. The molecule has 2 nitrogen and oxygen atoms in total. The smallest absolute Gasteiger partial charge is 0.115 e. The summed E-state index contributed by atoms with van der Waals surface area (Å²) < 4.78 is 0. The normalized spacial score (nSPS) is 17.1. The molecule has 0 saturated carbocycles. The fraction of sp³-hybridized carbons (Fsp3) is 0.500. The van der Waals surface area contributed by atoms with Crippen LogP contribution < -0.4 is 0 Å². The molecule has 1 aliphatic rings. The molecular formula is C14H19NOS. The second kappa shape index (κ2) is 5.50. The van der Waals surface area contributed by atoms with Gasteiger partial charge in [-0.25, -0.2) is 0 Å². The molecule has 2 rings (SSSR count). The van der Waals surface area contributed by atoms with Crippen molar-refractivity contribution in [1.82, 2.24) is 4.90 Å². The number of hydrogen-bond donors (Lipinski definition) is 1. The van der Waals surface area contributed by atoms with Crippen molar-refractivity contribution in [3.05, 3.63) is 29.8 Å². The summed E-state index contributed by atoms with van der Waals surface area (Å²) in [6, 6.07) is 7.62. The predicted molar refractivity (Wildman–Crippen MR) is 74.5 cm³/mol. The molecule has 0 amide bonds. The van der Waals surface area contributed by atoms with Crippen LogP contribution in [0.25, 0.3) is 0 Å². The van der Waals surface area contributed by atoms with E-state index in [1.165, 1.54) is 5.56 Å². The maximum absolute atomic E-state index is 9.28. The Bertz CT molecular complexity index is 380. The van der Waals surface area contributed by atoms with Crippen LogP contribution in [0.1, 0.15) is 37.7 Å². The molecule has 1 aliphatic heterocycles. The highest BCUT2D eigenvalue weighted by atomic mass is 32.1. The Morgan fingerprint density at radius 1 is 1.29 bits per heavy atom. The first-order valence-electron chi connectivity index (χ1n) is 6.27. The maximum Gasteiger partial charge on any atom is 0.115 e. The van der Waals surface area contributed by atoms with E-state index in [0.29, 0.717) is 11.7 Å². The lowest BCUT2D eigenvalue weighted by Crippen LogP contribution is -2.36. The van der Waals surface area contributed by atoms with Crippen molar-refractivity contribution in [2.75, 3.05) is 13.1 Å². The topological polar surface area (TPSA) is 23.5 Å². The third kappa shape index (κ3) is 2.97. The van der Waals surface area contributed by atoms with Gasteiger partial charge in [0.2, 0.25) is 0 Å². The third-order valence-corrected chi connectivity index (χ3v) is 4.06. The predicted octanol–water partition coefficient (Wildman–Crippen LogP) is 3.31. The van der Waals surface area contributed by atoms with Gasteiger partial charge in [-0.15, -0.1) is 0 Å². The van der Waals surface area contributed by atoms with Gasteiger partial charge in [0.15, 0.2) is 0 Å². The van der Waals surface area contributed by atoms with Crippen molar-refractivity contribution < 1.29 is 5.11 Å². The van der Waals surface area contributed by atoms with Gasteiger partial charge in [-0.1, -0.05) is 31.3 Å². The van der Waals surface area contributed by atoms with Gasteiger partial charge in [0.25, 0.3) is 0 Å². The van der Waals surface area contributed by atoms with Crippen LogP contribution >= 0.6 is 12.2 Å². The van der Waals surface area contributed by atoms with E-state index in [2.05, 4.69) is 11.8 Å². The van der Waals surface area contributed by atoms with Gasteiger partial charge in [0, 0.05) is 13.1 Å². The molecule has 0 unspecified atom stereocenters. The molecule has 1 aromatic rings. The van der Waals surface area contributed by atoms with Crippen molar-refractivity contribution in [1.29, 1.82) is 0 Å². The van der Waals surface area contributed by atoms with Crippen molar-refractivity contribution in [2.45, 2.75) is 32.1 Å². The van der Waals surface area contributed by atoms with Crippen LogP contribution in [-0.2, 0) is 0 Å². The maximum atomic E-state index is 9.28. The zero-order valence-corrected chi connectivity index (χ0v) is 11.0. The van der Waals surface area contributed by atoms with Crippen LogP contribution in [0.5, 0.6) is 5.75 Å². The van der Waals surface area contributed by atoms with Gasteiger partial charge in [0.1, 0.15) is 5.75 Å². The molecular weight excluding hydrogens is 230 g/mol. The number of aromatic hydroxyl groups is 1. The minimum absolute atomic E-state index is 0.346. The number of phenols is 1. The molecule has 0 bridgehead atoms. The van der Waals surface area contributed by atoms with Gasteiger partial charge in [-0.3, -0.25) is 0 Å². The summed E-state index contributed by atoms with van der Waals surface area (Å²) in [5, 5.41) is 9.28. The lowest BCUT2D eigenvalue weighted by atomic mass is 9.89. The zero-order valence-electron chi connectivity index (χ0n) is 10.2. The van der Waals surface area contributed by atoms with Gasteiger partial charge in [0.05, 0.1) is 4.99 Å². The summed E-state index contributed by atoms with van der Waals surface area (Å²) in [4.78, 5) is 3.42. The number of nitrogens with zero attached hydrogens (tertiary/aromatic N) is 1. The van der Waals surface area contributed by atoms with Crippen molar-refractivity contribution in [3.63, 3.8) is 0 Å². The van der Waals surface area contributed by atoms with Gasteiger partial charge in [-0.2, -0.15) is 0 Å². The molecule has 17 heavy (non-hydrogen) atoms. The molecule has 1 aromatic carbocycles. The highest BCUT2D eigenvalue weighted by molar-refractivity contribution is 7.80. The van der Waals surface area contributed by atoms with E-state index in [4.69, 9.17) is 12.2 Å². The lowest BCUT2D eigenvalue weighted by molar-refractivity contribution is 0.313. The summed E-state index contributed by atoms with van der Waals surface area (Å²) >= 11 is 5.34. The van der Waals surface area contributed by atoms with Crippen LogP contribution in [0.2, 0.25) is 0 Å². The summed E-state index contributed by atoms with van der Waals surface area (Å²) in [5.41, 5.74) is 1.34. The molecule has 0 spiro atoms. The Morgan fingerprint density at radius 3 is 2.41 bits per heavy atom. The van der Waals surface area contributed by atoms with Gasteiger partial charge >= 0.3 is 0 Å². The van der Waals surface area contributed by atoms with Crippen molar-refractivity contribution in [2.24, 2.45) is 0 Å². The number of phenolic OH excluding ortho intramolecular Hbond substituents is 1. The van der Waals surface area contributed by atoms with Crippen LogP contribution in [-0.4, -0.2) is 28.1 Å². The number of thiocarbonyl (C=S) groups is 1. The summed E-state index contributed by atoms with van der Waals surface area (Å²) in [6.07, 6.45) is 3.29. The van der Waals surface area contributed by atoms with Crippen LogP contribution in [0, 0.1) is 0 Å². The van der Waals surface area contributed by atoms with E-state index in [9.17, 15) is 5.11 Å². The zero-order chi connectivity index (χ0) is 12.3. The molecule has 1 fully saturated rings. The molecule has 92 valence electrons. The highest BCUT2D eigenvalue weighted by Crippen LogP contribution is 2.29. The molecule has 3 heteroatoms. The van der Waals surface area contributed by atoms with Crippen LogP contribution in [0.15, 0.2) is 24.3 Å². The minimum atomic E-state index is 0.346. The van der Waals surface area contributed by atoms with Gasteiger partial charge < -0.3 is 10.0 Å². The van der Waals surface area contributed by atoms with Gasteiger partial charge in [-0.05, 0) is 42.9 Å². The first-order chi connectivity index (χ1) is 8.20. The van der Waals surface area contributed by atoms with E-state index in [-0.39, 0.29) is 0 Å². The quantitative estimate of drug-likeness (QED) is 0.813. The molecule has 0 radical (unpaired) electrons. The highest BCUT2D eigenvalue weighted by Gasteiger charge is 2.21. The largest absolute Gasteiger partial charge is 0.508 e. The molecule has 0 aliphatic carbocycles. The van der Waals surface area contributed by atoms with E-state index < -0.39 is 0 Å². The molecule has 1 N–H and O–H groups in total. The average Bonchev–Trinajstić information content (AvgIpc) is 2.39. The van der Waals surface area contributed by atoms with Crippen molar-refractivity contribution >= 4 is 17.2 Å². The summed E-state index contributed by atoms with van der Waals surface area (Å²) in [6.45, 7) is 4.25. The Labute approximate surface area is 108 Å². The molecule has 0 aromatic heterocycles. The first-order valence-corrected chi connectivity index (χ1v) is 6.68. The fourth-order valence-corrected chi connectivity index (χ4v) is 2.61. The Balaban J connectivity index is 1.95. The number of rotatable bonds is 2. The fourth-order valence-electron chi connectivity index (χ4n) is 2.43. The summed E-state index contributed by atoms with van der Waals surface area (Å²) in [7, 11) is 0. The number of piperidine rings is 1. The van der Waals surface area contributed by atoms with Crippen LogP contribution in [0.4, 0.5) is 0 Å². The van der Waals surface area contributed by atoms with E-state index in [1.807, 2.05) is 12.1 Å². The monoisotopic (exact) mass is 249 g/mol. The van der Waals surface area contributed by atoms with E-state index in [1.54, 1.807) is 12.1 Å². The number of benzene rings is 1. The first kappa shape index (κ1) is 12.4.